The molecule has 7 heterocycles. The standard InChI is InChI=1S/C21H25NO4.C19H21NO3/c1-12-3-4-14-9-15-19-5-6-20(23-7-8-24-20)18-21(19,16(14)17(12)26-18)13(2)10-22(15)11-25-19;1-10-3-4-12-7-14-18-6-5-13(21)17-19(18,15(12)16(10)23-17)11(2)8-20(14)9-22-18/h3-4,13,15,18H,5-11H2,1-2H3;3-4,11,14,17H,5-9H2,1-2H3/t13?,15-,18+,19-,21+;11?,14-,17+,18-,19+/m11/s1. The quantitative estimate of drug-likeness (QED) is 0.413. The van der Waals surface area contributed by atoms with E-state index in [1.54, 1.807) is 0 Å². The minimum Gasteiger partial charge on any atom is -0.483 e. The van der Waals surface area contributed by atoms with Crippen LogP contribution in [0.25, 0.3) is 0 Å². The summed E-state index contributed by atoms with van der Waals surface area (Å²) in [6.07, 6.45) is 4.94. The number of benzene rings is 2. The average Bonchev–Trinajstić information content (AvgIpc) is 3.89. The van der Waals surface area contributed by atoms with Crippen molar-refractivity contribution in [2.24, 2.45) is 11.8 Å². The Kier molecular flexibility index (Phi) is 5.29. The Morgan fingerprint density at radius 2 is 1.27 bits per heavy atom. The van der Waals surface area contributed by atoms with Gasteiger partial charge in [-0.05, 0) is 73.6 Å². The number of Topliss-reactive ketones (excluding diaryl/α,β-unsaturated/α-hetero) is 1. The van der Waals surface area contributed by atoms with Gasteiger partial charge in [0.05, 0.1) is 29.6 Å². The fourth-order valence-electron chi connectivity index (χ4n) is 14.3. The van der Waals surface area contributed by atoms with E-state index < -0.39 is 5.79 Å². The van der Waals surface area contributed by atoms with Crippen LogP contribution in [0, 0.1) is 25.7 Å². The van der Waals surface area contributed by atoms with E-state index in [0.29, 0.717) is 50.3 Å². The van der Waals surface area contributed by atoms with Gasteiger partial charge in [0.15, 0.2) is 18.0 Å². The molecule has 5 spiro atoms. The minimum absolute atomic E-state index is 0.112. The zero-order valence-corrected chi connectivity index (χ0v) is 29.0. The van der Waals surface area contributed by atoms with Crippen molar-refractivity contribution in [2.75, 3.05) is 39.8 Å². The monoisotopic (exact) mass is 666 g/mol. The molecular weight excluding hydrogens is 620 g/mol. The molecule has 9 heteroatoms. The van der Waals surface area contributed by atoms with E-state index in [2.05, 4.69) is 61.8 Å². The third-order valence-electron chi connectivity index (χ3n) is 15.8. The molecule has 8 bridgehead atoms. The van der Waals surface area contributed by atoms with E-state index in [0.717, 1.165) is 69.0 Å². The summed E-state index contributed by atoms with van der Waals surface area (Å²) < 4.78 is 39.1. The van der Waals surface area contributed by atoms with E-state index >= 15 is 0 Å². The van der Waals surface area contributed by atoms with Crippen LogP contribution >= 0.6 is 0 Å². The molecule has 5 saturated heterocycles. The molecule has 11 aliphatic rings. The molecule has 7 fully saturated rings. The third-order valence-corrected chi connectivity index (χ3v) is 15.8. The molecule has 0 radical (unpaired) electrons. The first-order chi connectivity index (χ1) is 23.7. The van der Waals surface area contributed by atoms with Gasteiger partial charge in [0.2, 0.25) is 5.79 Å². The molecule has 4 aliphatic carbocycles. The van der Waals surface area contributed by atoms with Gasteiger partial charge in [-0.3, -0.25) is 14.6 Å². The fourth-order valence-corrected chi connectivity index (χ4v) is 14.3. The van der Waals surface area contributed by atoms with E-state index in [4.69, 9.17) is 28.4 Å². The summed E-state index contributed by atoms with van der Waals surface area (Å²) in [7, 11) is 0. The number of fused-ring (bicyclic) bond motifs is 1. The Balaban J connectivity index is 0.000000114. The molecule has 13 rings (SSSR count). The normalized spacial score (nSPS) is 48.4. The van der Waals surface area contributed by atoms with Crippen LogP contribution in [-0.2, 0) is 47.4 Å². The first kappa shape index (κ1) is 29.1. The lowest BCUT2D eigenvalue weighted by molar-refractivity contribution is -0.290. The van der Waals surface area contributed by atoms with E-state index in [1.165, 1.54) is 27.8 Å². The molecule has 2 saturated carbocycles. The van der Waals surface area contributed by atoms with E-state index in [9.17, 15) is 4.79 Å². The molecule has 7 aliphatic heterocycles. The van der Waals surface area contributed by atoms with Crippen molar-refractivity contribution < 1.29 is 33.2 Å². The molecule has 258 valence electrons. The second kappa shape index (κ2) is 8.91. The van der Waals surface area contributed by atoms with Crippen LogP contribution in [0.2, 0.25) is 0 Å². The number of aryl methyl sites for hydroxylation is 2. The molecule has 0 aromatic heterocycles. The SMILES string of the molecule is Cc1ccc2c3c1O[C@H]1C(=O)CC[C@]45OCN(CC(C)[C@]314)[C@@H]5C2.Cc1ccc2c3c1O[C@H]1C4(CC[C@]56OCN(CC(C)[C@]315)[C@@H]6C2)OCCO4. The summed E-state index contributed by atoms with van der Waals surface area (Å²) in [5.41, 5.74) is 7.13. The lowest BCUT2D eigenvalue weighted by Crippen LogP contribution is -2.79. The van der Waals surface area contributed by atoms with Crippen LogP contribution in [0.3, 0.4) is 0 Å². The van der Waals surface area contributed by atoms with Gasteiger partial charge in [0, 0.05) is 49.1 Å². The zero-order valence-electron chi connectivity index (χ0n) is 29.0. The zero-order chi connectivity index (χ0) is 32.9. The molecule has 2 aromatic carbocycles. The van der Waals surface area contributed by atoms with Gasteiger partial charge < -0.3 is 28.4 Å². The van der Waals surface area contributed by atoms with Gasteiger partial charge in [-0.2, -0.15) is 0 Å². The van der Waals surface area contributed by atoms with E-state index in [-0.39, 0.29) is 40.0 Å². The predicted octanol–water partition coefficient (Wildman–Crippen LogP) is 4.09. The maximum absolute atomic E-state index is 12.9. The Hall–Kier alpha value is -2.53. The molecule has 0 N–H and O–H groups in total. The Morgan fingerprint density at radius 3 is 1.92 bits per heavy atom. The predicted molar refractivity (Wildman–Crippen MR) is 177 cm³/mol. The van der Waals surface area contributed by atoms with Crippen molar-refractivity contribution in [3.8, 4) is 11.5 Å². The van der Waals surface area contributed by atoms with Gasteiger partial charge in [-0.25, -0.2) is 0 Å². The van der Waals surface area contributed by atoms with E-state index in [1.807, 2.05) is 0 Å². The van der Waals surface area contributed by atoms with Crippen LogP contribution in [0.15, 0.2) is 24.3 Å². The summed E-state index contributed by atoms with van der Waals surface area (Å²) >= 11 is 0. The van der Waals surface area contributed by atoms with Crippen LogP contribution in [-0.4, -0.2) is 96.6 Å². The van der Waals surface area contributed by atoms with Crippen LogP contribution in [0.4, 0.5) is 0 Å². The van der Waals surface area contributed by atoms with Crippen molar-refractivity contribution in [1.29, 1.82) is 0 Å². The molecule has 2 aromatic rings. The highest BCUT2D eigenvalue weighted by Crippen LogP contribution is 2.72. The highest BCUT2D eigenvalue weighted by Gasteiger charge is 2.82. The lowest BCUT2D eigenvalue weighted by Gasteiger charge is -2.64. The average molecular weight is 667 g/mol. The van der Waals surface area contributed by atoms with Gasteiger partial charge in [-0.15, -0.1) is 0 Å². The van der Waals surface area contributed by atoms with Gasteiger partial charge in [0.25, 0.3) is 0 Å². The largest absolute Gasteiger partial charge is 0.483 e. The number of hydrogen-bond donors (Lipinski definition) is 0. The van der Waals surface area contributed by atoms with Gasteiger partial charge in [-0.1, -0.05) is 38.1 Å². The minimum atomic E-state index is -0.613. The molecule has 9 nitrogen and oxygen atoms in total. The Labute approximate surface area is 287 Å². The molecule has 49 heavy (non-hydrogen) atoms. The topological polar surface area (TPSA) is 78.9 Å². The van der Waals surface area contributed by atoms with Crippen LogP contribution in [0.5, 0.6) is 11.5 Å². The van der Waals surface area contributed by atoms with Crippen molar-refractivity contribution in [1.82, 2.24) is 9.80 Å². The Bertz CT molecular complexity index is 1870. The first-order valence-electron chi connectivity index (χ1n) is 18.9. The molecule has 0 amide bonds. The number of ether oxygens (including phenoxy) is 6. The highest BCUT2D eigenvalue weighted by molar-refractivity contribution is 5.90. The smallest absolute Gasteiger partial charge is 0.207 e. The van der Waals surface area contributed by atoms with Crippen molar-refractivity contribution in [2.45, 2.75) is 118 Å². The fraction of sp³-hybridized carbons (Fsp3) is 0.675. The number of rotatable bonds is 0. The highest BCUT2D eigenvalue weighted by atomic mass is 16.8. The first-order valence-corrected chi connectivity index (χ1v) is 18.9. The Morgan fingerprint density at radius 1 is 0.694 bits per heavy atom. The van der Waals surface area contributed by atoms with Gasteiger partial charge >= 0.3 is 0 Å². The molecular formula is C40H46N2O7. The summed E-state index contributed by atoms with van der Waals surface area (Å²) in [6.45, 7) is 13.8. The van der Waals surface area contributed by atoms with Crippen molar-refractivity contribution in [3.63, 3.8) is 0 Å². The number of hydrogen-bond acceptors (Lipinski definition) is 9. The maximum atomic E-state index is 12.9. The van der Waals surface area contributed by atoms with Crippen LogP contribution in [0.1, 0.15) is 72.9 Å². The second-order valence-corrected chi connectivity index (χ2v) is 17.3. The van der Waals surface area contributed by atoms with Gasteiger partial charge in [0.1, 0.15) is 30.6 Å². The van der Waals surface area contributed by atoms with Crippen LogP contribution < -0.4 is 9.47 Å². The number of carbonyl (C=O) groups is 1. The van der Waals surface area contributed by atoms with Crippen molar-refractivity contribution in [3.05, 3.63) is 57.6 Å². The summed E-state index contributed by atoms with van der Waals surface area (Å²) in [5.74, 6) is 2.54. The summed E-state index contributed by atoms with van der Waals surface area (Å²) in [6, 6.07) is 9.82. The summed E-state index contributed by atoms with van der Waals surface area (Å²) in [4.78, 5) is 17.9. The number of nitrogens with zero attached hydrogens (tertiary/aromatic N) is 2. The maximum Gasteiger partial charge on any atom is 0.207 e. The second-order valence-electron chi connectivity index (χ2n) is 17.3. The summed E-state index contributed by atoms with van der Waals surface area (Å²) in [5, 5.41) is 0. The molecule has 4 unspecified atom stereocenters. The molecule has 12 atom stereocenters. The van der Waals surface area contributed by atoms with Crippen molar-refractivity contribution >= 4 is 5.78 Å². The number of ketones is 1. The number of carbonyl (C=O) groups excluding carboxylic acids is 1. The third kappa shape index (κ3) is 2.86. The lowest BCUT2D eigenvalue weighted by atomic mass is 9.45. The number of piperidine rings is 2.